The van der Waals surface area contributed by atoms with Crippen molar-refractivity contribution in [2.75, 3.05) is 0 Å². The SMILES string of the molecule is CC(=NNC(=O)OC(C)(C)C)c1ccncc1. The third-order valence-electron chi connectivity index (χ3n) is 1.81. The van der Waals surface area contributed by atoms with Crippen LogP contribution in [0.2, 0.25) is 0 Å². The molecule has 0 saturated carbocycles. The Kier molecular flexibility index (Phi) is 4.20. The molecule has 0 spiro atoms. The largest absolute Gasteiger partial charge is 0.443 e. The Bertz CT molecular complexity index is 408. The number of hydrogen-bond donors (Lipinski definition) is 1. The first-order valence-corrected chi connectivity index (χ1v) is 5.32. The second-order valence-electron chi connectivity index (χ2n) is 4.55. The van der Waals surface area contributed by atoms with E-state index in [2.05, 4.69) is 15.5 Å². The second-order valence-corrected chi connectivity index (χ2v) is 4.55. The van der Waals surface area contributed by atoms with Crippen molar-refractivity contribution in [1.29, 1.82) is 0 Å². The van der Waals surface area contributed by atoms with Crippen molar-refractivity contribution in [2.45, 2.75) is 33.3 Å². The van der Waals surface area contributed by atoms with E-state index in [0.717, 1.165) is 5.56 Å². The molecular weight excluding hydrogens is 218 g/mol. The van der Waals surface area contributed by atoms with Crippen molar-refractivity contribution in [3.63, 3.8) is 0 Å². The molecular formula is C12H17N3O2. The molecule has 17 heavy (non-hydrogen) atoms. The van der Waals surface area contributed by atoms with E-state index in [-0.39, 0.29) is 0 Å². The van der Waals surface area contributed by atoms with Crippen LogP contribution in [0.5, 0.6) is 0 Å². The first-order chi connectivity index (χ1) is 7.88. The number of nitrogens with zero attached hydrogens (tertiary/aromatic N) is 2. The summed E-state index contributed by atoms with van der Waals surface area (Å²) in [6.07, 6.45) is 2.77. The van der Waals surface area contributed by atoms with Gasteiger partial charge in [-0.1, -0.05) is 0 Å². The number of rotatable bonds is 2. The van der Waals surface area contributed by atoms with Gasteiger partial charge >= 0.3 is 6.09 Å². The smallest absolute Gasteiger partial charge is 0.428 e. The van der Waals surface area contributed by atoms with E-state index in [9.17, 15) is 4.79 Å². The standard InChI is InChI=1S/C12H17N3O2/c1-9(10-5-7-13-8-6-10)14-15-11(16)17-12(2,3)4/h5-8H,1-4H3,(H,15,16). The van der Waals surface area contributed by atoms with Crippen molar-refractivity contribution in [3.8, 4) is 0 Å². The van der Waals surface area contributed by atoms with Crippen LogP contribution in [-0.4, -0.2) is 22.4 Å². The van der Waals surface area contributed by atoms with Crippen LogP contribution in [-0.2, 0) is 4.74 Å². The quantitative estimate of drug-likeness (QED) is 0.632. The van der Waals surface area contributed by atoms with Crippen LogP contribution in [0, 0.1) is 0 Å². The van der Waals surface area contributed by atoms with Crippen molar-refractivity contribution in [1.82, 2.24) is 10.4 Å². The molecule has 0 aliphatic rings. The van der Waals surface area contributed by atoms with Gasteiger partial charge in [-0.05, 0) is 39.8 Å². The summed E-state index contributed by atoms with van der Waals surface area (Å²) in [5.41, 5.74) is 3.41. The maximum Gasteiger partial charge on any atom is 0.428 e. The summed E-state index contributed by atoms with van der Waals surface area (Å²) in [6, 6.07) is 3.63. The molecule has 0 aliphatic carbocycles. The molecule has 0 bridgehead atoms. The topological polar surface area (TPSA) is 63.6 Å². The minimum Gasteiger partial charge on any atom is -0.443 e. The molecule has 0 saturated heterocycles. The Morgan fingerprint density at radius 2 is 1.94 bits per heavy atom. The van der Waals surface area contributed by atoms with Gasteiger partial charge < -0.3 is 4.74 Å². The predicted octanol–water partition coefficient (Wildman–Crippen LogP) is 2.33. The average Bonchev–Trinajstić information content (AvgIpc) is 2.25. The van der Waals surface area contributed by atoms with Crippen molar-refractivity contribution in [3.05, 3.63) is 30.1 Å². The van der Waals surface area contributed by atoms with Gasteiger partial charge in [0, 0.05) is 18.0 Å². The molecule has 1 N–H and O–H groups in total. The summed E-state index contributed by atoms with van der Waals surface area (Å²) in [4.78, 5) is 15.2. The molecule has 1 heterocycles. The van der Waals surface area contributed by atoms with Crippen LogP contribution < -0.4 is 5.43 Å². The number of aromatic nitrogens is 1. The zero-order valence-corrected chi connectivity index (χ0v) is 10.5. The van der Waals surface area contributed by atoms with Crippen LogP contribution in [0.4, 0.5) is 4.79 Å². The molecule has 1 aromatic heterocycles. The molecule has 0 fully saturated rings. The highest BCUT2D eigenvalue weighted by atomic mass is 16.6. The lowest BCUT2D eigenvalue weighted by molar-refractivity contribution is 0.0529. The summed E-state index contributed by atoms with van der Waals surface area (Å²) >= 11 is 0. The molecule has 0 radical (unpaired) electrons. The Labute approximate surface area is 101 Å². The Morgan fingerprint density at radius 1 is 1.35 bits per heavy atom. The number of hydrogen-bond acceptors (Lipinski definition) is 4. The van der Waals surface area contributed by atoms with E-state index in [0.29, 0.717) is 5.71 Å². The van der Waals surface area contributed by atoms with Gasteiger partial charge in [-0.25, -0.2) is 10.2 Å². The lowest BCUT2D eigenvalue weighted by Crippen LogP contribution is -2.30. The van der Waals surface area contributed by atoms with Crippen molar-refractivity contribution >= 4 is 11.8 Å². The van der Waals surface area contributed by atoms with E-state index in [1.54, 1.807) is 40.1 Å². The minimum atomic E-state index is -0.564. The van der Waals surface area contributed by atoms with E-state index in [1.165, 1.54) is 0 Å². The summed E-state index contributed by atoms with van der Waals surface area (Å²) < 4.78 is 5.05. The molecule has 5 nitrogen and oxygen atoms in total. The summed E-state index contributed by atoms with van der Waals surface area (Å²) in [7, 11) is 0. The normalized spacial score (nSPS) is 12.1. The van der Waals surface area contributed by atoms with Crippen LogP contribution in [0.1, 0.15) is 33.3 Å². The van der Waals surface area contributed by atoms with E-state index < -0.39 is 11.7 Å². The van der Waals surface area contributed by atoms with Gasteiger partial charge in [-0.2, -0.15) is 5.10 Å². The molecule has 1 amide bonds. The van der Waals surface area contributed by atoms with Gasteiger partial charge in [-0.3, -0.25) is 4.98 Å². The number of ether oxygens (including phenoxy) is 1. The number of hydrazone groups is 1. The number of amides is 1. The van der Waals surface area contributed by atoms with Crippen LogP contribution in [0.3, 0.4) is 0 Å². The first kappa shape index (κ1) is 13.2. The van der Waals surface area contributed by atoms with Gasteiger partial charge in [0.15, 0.2) is 0 Å². The number of pyridine rings is 1. The fraction of sp³-hybridized carbons (Fsp3) is 0.417. The molecule has 5 heteroatoms. The fourth-order valence-electron chi connectivity index (χ4n) is 1.09. The molecule has 0 atom stereocenters. The van der Waals surface area contributed by atoms with E-state index >= 15 is 0 Å². The van der Waals surface area contributed by atoms with E-state index in [1.807, 2.05) is 12.1 Å². The number of carbonyl (C=O) groups is 1. The van der Waals surface area contributed by atoms with Crippen LogP contribution >= 0.6 is 0 Å². The predicted molar refractivity (Wildman–Crippen MR) is 65.8 cm³/mol. The minimum absolute atomic E-state index is 0.524. The third-order valence-corrected chi connectivity index (χ3v) is 1.81. The number of carbonyl (C=O) groups excluding carboxylic acids is 1. The highest BCUT2D eigenvalue weighted by molar-refractivity contribution is 5.98. The third kappa shape index (κ3) is 5.10. The summed E-state index contributed by atoms with van der Waals surface area (Å²) in [5, 5.41) is 3.94. The average molecular weight is 235 g/mol. The molecule has 0 aliphatic heterocycles. The van der Waals surface area contributed by atoms with Crippen LogP contribution in [0.15, 0.2) is 29.6 Å². The van der Waals surface area contributed by atoms with Crippen molar-refractivity contribution in [2.24, 2.45) is 5.10 Å². The summed E-state index contributed by atoms with van der Waals surface area (Å²) in [5.74, 6) is 0. The summed E-state index contributed by atoms with van der Waals surface area (Å²) in [6.45, 7) is 7.19. The van der Waals surface area contributed by atoms with E-state index in [4.69, 9.17) is 4.74 Å². The van der Waals surface area contributed by atoms with Gasteiger partial charge in [-0.15, -0.1) is 0 Å². The monoisotopic (exact) mass is 235 g/mol. The highest BCUT2D eigenvalue weighted by Gasteiger charge is 2.15. The molecule has 0 unspecified atom stereocenters. The molecule has 1 aromatic rings. The Morgan fingerprint density at radius 3 is 2.47 bits per heavy atom. The molecule has 0 aromatic carbocycles. The highest BCUT2D eigenvalue weighted by Crippen LogP contribution is 2.06. The van der Waals surface area contributed by atoms with Gasteiger partial charge in [0.2, 0.25) is 0 Å². The number of nitrogens with one attached hydrogen (secondary N) is 1. The lowest BCUT2D eigenvalue weighted by Gasteiger charge is -2.18. The Hall–Kier alpha value is -1.91. The first-order valence-electron chi connectivity index (χ1n) is 5.32. The molecule has 1 rings (SSSR count). The lowest BCUT2D eigenvalue weighted by atomic mass is 10.2. The maximum absolute atomic E-state index is 11.3. The maximum atomic E-state index is 11.3. The van der Waals surface area contributed by atoms with Gasteiger partial charge in [0.25, 0.3) is 0 Å². The van der Waals surface area contributed by atoms with Gasteiger partial charge in [0.05, 0.1) is 5.71 Å². The second kappa shape index (κ2) is 5.43. The van der Waals surface area contributed by atoms with Crippen molar-refractivity contribution < 1.29 is 9.53 Å². The molecule has 92 valence electrons. The van der Waals surface area contributed by atoms with Gasteiger partial charge in [0.1, 0.15) is 5.60 Å². The Balaban J connectivity index is 2.57. The zero-order valence-electron chi connectivity index (χ0n) is 10.5. The van der Waals surface area contributed by atoms with Crippen LogP contribution in [0.25, 0.3) is 0 Å². The fourth-order valence-corrected chi connectivity index (χ4v) is 1.09. The zero-order chi connectivity index (χ0) is 12.9.